The second kappa shape index (κ2) is 6.20. The number of carbonyl (C=O) groups excluding carboxylic acids is 1. The highest BCUT2D eigenvalue weighted by molar-refractivity contribution is 5.87. The van der Waals surface area contributed by atoms with Crippen molar-refractivity contribution in [3.05, 3.63) is 48.0 Å². The van der Waals surface area contributed by atoms with E-state index in [1.807, 2.05) is 12.1 Å². The molecule has 7 nitrogen and oxygen atoms in total. The summed E-state index contributed by atoms with van der Waals surface area (Å²) in [6, 6.07) is 3.33. The summed E-state index contributed by atoms with van der Waals surface area (Å²) >= 11 is 0. The average Bonchev–Trinajstić information content (AvgIpc) is 3.09. The molecule has 1 fully saturated rings. The second-order valence-electron chi connectivity index (χ2n) is 5.74. The Kier molecular flexibility index (Phi) is 4.10. The molecule has 7 heteroatoms. The van der Waals surface area contributed by atoms with E-state index in [0.29, 0.717) is 13.0 Å². The van der Waals surface area contributed by atoms with E-state index in [1.54, 1.807) is 41.4 Å². The van der Waals surface area contributed by atoms with E-state index in [0.717, 1.165) is 11.1 Å². The third-order valence-corrected chi connectivity index (χ3v) is 4.18. The van der Waals surface area contributed by atoms with Gasteiger partial charge >= 0.3 is 5.97 Å². The van der Waals surface area contributed by atoms with Crippen LogP contribution < -0.4 is 0 Å². The third kappa shape index (κ3) is 3.08. The number of hydrogen-bond donors (Lipinski definition) is 1. The number of rotatable bonds is 5. The van der Waals surface area contributed by atoms with Crippen LogP contribution in [-0.2, 0) is 23.1 Å². The van der Waals surface area contributed by atoms with E-state index in [9.17, 15) is 14.7 Å². The third-order valence-electron chi connectivity index (χ3n) is 4.18. The maximum absolute atomic E-state index is 12.3. The van der Waals surface area contributed by atoms with Gasteiger partial charge in [0.25, 0.3) is 0 Å². The van der Waals surface area contributed by atoms with Crippen LogP contribution in [0.1, 0.15) is 23.6 Å². The van der Waals surface area contributed by atoms with Gasteiger partial charge in [-0.2, -0.15) is 5.10 Å². The molecule has 0 unspecified atom stereocenters. The Bertz CT molecular complexity index is 713. The number of carboxylic acids is 1. The quantitative estimate of drug-likeness (QED) is 0.890. The minimum atomic E-state index is -0.948. The first kappa shape index (κ1) is 15.2. The summed E-state index contributed by atoms with van der Waals surface area (Å²) in [4.78, 5) is 29.6. The van der Waals surface area contributed by atoms with E-state index >= 15 is 0 Å². The number of pyridine rings is 1. The van der Waals surface area contributed by atoms with Crippen molar-refractivity contribution in [1.82, 2.24) is 19.7 Å². The summed E-state index contributed by atoms with van der Waals surface area (Å²) in [6.07, 6.45) is 7.54. The van der Waals surface area contributed by atoms with E-state index < -0.39 is 17.9 Å². The standard InChI is InChI=1S/C16H18N4O3/c1-19-10-12(9-18-19)15-13(16(22)23)7-14(21)20(15)6-4-11-3-2-5-17-8-11/h2-3,5,8-10,13,15H,4,6-7H2,1H3,(H,22,23)/t13-,15+/m0/s1. The van der Waals surface area contributed by atoms with Crippen LogP contribution in [0.25, 0.3) is 0 Å². The molecule has 120 valence electrons. The fourth-order valence-corrected chi connectivity index (χ4v) is 3.08. The number of amides is 1. The molecule has 0 aliphatic carbocycles. The van der Waals surface area contributed by atoms with Crippen LogP contribution >= 0.6 is 0 Å². The highest BCUT2D eigenvalue weighted by Gasteiger charge is 2.44. The highest BCUT2D eigenvalue weighted by atomic mass is 16.4. The van der Waals surface area contributed by atoms with Gasteiger partial charge in [0.15, 0.2) is 0 Å². The van der Waals surface area contributed by atoms with Crippen molar-refractivity contribution in [1.29, 1.82) is 0 Å². The Morgan fingerprint density at radius 3 is 2.87 bits per heavy atom. The van der Waals surface area contributed by atoms with E-state index in [1.165, 1.54) is 0 Å². The number of carbonyl (C=O) groups is 2. The van der Waals surface area contributed by atoms with Gasteiger partial charge in [-0.25, -0.2) is 0 Å². The smallest absolute Gasteiger partial charge is 0.309 e. The van der Waals surface area contributed by atoms with Crippen molar-refractivity contribution in [2.75, 3.05) is 6.54 Å². The van der Waals surface area contributed by atoms with E-state index in [4.69, 9.17) is 0 Å². The van der Waals surface area contributed by atoms with Gasteiger partial charge in [-0.1, -0.05) is 6.07 Å². The van der Waals surface area contributed by atoms with Crippen molar-refractivity contribution in [2.24, 2.45) is 13.0 Å². The SMILES string of the molecule is Cn1cc([C@@H]2[C@@H](C(=O)O)CC(=O)N2CCc2cccnc2)cn1. The molecule has 2 atom stereocenters. The van der Waals surface area contributed by atoms with Gasteiger partial charge in [-0.15, -0.1) is 0 Å². The number of likely N-dealkylation sites (tertiary alicyclic amines) is 1. The number of nitrogens with zero attached hydrogens (tertiary/aromatic N) is 4. The van der Waals surface area contributed by atoms with Crippen molar-refractivity contribution < 1.29 is 14.7 Å². The molecule has 0 spiro atoms. The Balaban J connectivity index is 1.83. The van der Waals surface area contributed by atoms with Crippen molar-refractivity contribution in [3.63, 3.8) is 0 Å². The molecule has 1 amide bonds. The molecule has 23 heavy (non-hydrogen) atoms. The zero-order valence-electron chi connectivity index (χ0n) is 12.8. The van der Waals surface area contributed by atoms with Gasteiger partial charge in [0, 0.05) is 44.2 Å². The summed E-state index contributed by atoms with van der Waals surface area (Å²) in [5.41, 5.74) is 1.78. The molecule has 3 heterocycles. The first-order chi connectivity index (χ1) is 11.1. The molecule has 2 aromatic heterocycles. The molecule has 2 aromatic rings. The lowest BCUT2D eigenvalue weighted by Gasteiger charge is -2.26. The van der Waals surface area contributed by atoms with Crippen LogP contribution in [0.5, 0.6) is 0 Å². The number of carboxylic acid groups (broad SMARTS) is 1. The molecule has 0 bridgehead atoms. The molecule has 3 rings (SSSR count). The van der Waals surface area contributed by atoms with Crippen LogP contribution in [0, 0.1) is 5.92 Å². The molecular formula is C16H18N4O3. The topological polar surface area (TPSA) is 88.3 Å². The largest absolute Gasteiger partial charge is 0.481 e. The van der Waals surface area contributed by atoms with Gasteiger partial charge in [-0.3, -0.25) is 19.3 Å². The molecule has 1 aliphatic heterocycles. The summed E-state index contributed by atoms with van der Waals surface area (Å²) in [5.74, 6) is -1.81. The van der Waals surface area contributed by atoms with Crippen LogP contribution in [0.15, 0.2) is 36.9 Å². The number of aliphatic carboxylic acids is 1. The average molecular weight is 314 g/mol. The van der Waals surface area contributed by atoms with Crippen LogP contribution in [0.2, 0.25) is 0 Å². The summed E-state index contributed by atoms with van der Waals surface area (Å²) < 4.78 is 1.62. The van der Waals surface area contributed by atoms with Crippen molar-refractivity contribution in [3.8, 4) is 0 Å². The molecule has 1 saturated heterocycles. The monoisotopic (exact) mass is 314 g/mol. The summed E-state index contributed by atoms with van der Waals surface area (Å²) in [6.45, 7) is 0.466. The lowest BCUT2D eigenvalue weighted by Crippen LogP contribution is -2.32. The highest BCUT2D eigenvalue weighted by Crippen LogP contribution is 2.38. The molecule has 0 saturated carbocycles. The summed E-state index contributed by atoms with van der Waals surface area (Å²) in [7, 11) is 1.77. The Morgan fingerprint density at radius 1 is 1.43 bits per heavy atom. The number of aromatic nitrogens is 3. The Labute approximate surface area is 133 Å². The van der Waals surface area contributed by atoms with Crippen molar-refractivity contribution >= 4 is 11.9 Å². The van der Waals surface area contributed by atoms with Gasteiger partial charge in [0.2, 0.25) is 5.91 Å². The summed E-state index contributed by atoms with van der Waals surface area (Å²) in [5, 5.41) is 13.6. The molecule has 1 N–H and O–H groups in total. The van der Waals surface area contributed by atoms with E-state index in [2.05, 4.69) is 10.1 Å². The Morgan fingerprint density at radius 2 is 2.26 bits per heavy atom. The molecular weight excluding hydrogens is 296 g/mol. The van der Waals surface area contributed by atoms with Crippen LogP contribution in [-0.4, -0.2) is 43.2 Å². The lowest BCUT2D eigenvalue weighted by molar-refractivity contribution is -0.142. The normalized spacial score (nSPS) is 20.9. The maximum atomic E-state index is 12.3. The van der Waals surface area contributed by atoms with Gasteiger partial charge in [0.05, 0.1) is 18.2 Å². The second-order valence-corrected chi connectivity index (χ2v) is 5.74. The first-order valence-electron chi connectivity index (χ1n) is 7.46. The number of aryl methyl sites for hydroxylation is 1. The first-order valence-corrected chi connectivity index (χ1v) is 7.46. The predicted molar refractivity (Wildman–Crippen MR) is 81.3 cm³/mol. The van der Waals surface area contributed by atoms with Gasteiger partial charge in [0.1, 0.15) is 0 Å². The zero-order valence-corrected chi connectivity index (χ0v) is 12.8. The van der Waals surface area contributed by atoms with Crippen LogP contribution in [0.3, 0.4) is 0 Å². The lowest BCUT2D eigenvalue weighted by atomic mass is 9.96. The minimum Gasteiger partial charge on any atom is -0.481 e. The minimum absolute atomic E-state index is 0.0297. The fraction of sp³-hybridized carbons (Fsp3) is 0.375. The number of hydrogen-bond acceptors (Lipinski definition) is 4. The van der Waals surface area contributed by atoms with Crippen LogP contribution in [0.4, 0.5) is 0 Å². The van der Waals surface area contributed by atoms with Gasteiger partial charge in [-0.05, 0) is 18.1 Å². The molecule has 0 radical (unpaired) electrons. The molecule has 1 aliphatic rings. The predicted octanol–water partition coefficient (Wildman–Crippen LogP) is 1.03. The zero-order chi connectivity index (χ0) is 16.4. The fourth-order valence-electron chi connectivity index (χ4n) is 3.08. The molecule has 0 aromatic carbocycles. The van der Waals surface area contributed by atoms with Gasteiger partial charge < -0.3 is 10.0 Å². The van der Waals surface area contributed by atoms with Crippen molar-refractivity contribution in [2.45, 2.75) is 18.9 Å². The van der Waals surface area contributed by atoms with E-state index in [-0.39, 0.29) is 12.3 Å². The maximum Gasteiger partial charge on any atom is 0.309 e. The Hall–Kier alpha value is -2.70.